The maximum Gasteiger partial charge on any atom is 0.410 e. The lowest BCUT2D eigenvalue weighted by Gasteiger charge is -2.36. The fraction of sp³-hybridized carbons (Fsp3) is 0.909. The molecule has 1 saturated carbocycles. The van der Waals surface area contributed by atoms with E-state index in [1.165, 1.54) is 12.8 Å². The lowest BCUT2D eigenvalue weighted by Crippen LogP contribution is -2.48. The number of amides is 1. The smallest absolute Gasteiger partial charge is 0.410 e. The molecule has 0 aromatic heterocycles. The third-order valence-electron chi connectivity index (χ3n) is 3.47. The molecule has 0 aromatic rings. The van der Waals surface area contributed by atoms with E-state index in [4.69, 9.17) is 10.5 Å². The Kier molecular flexibility index (Phi) is 3.46. The van der Waals surface area contributed by atoms with Crippen LogP contribution in [0.5, 0.6) is 0 Å². The molecule has 1 unspecified atom stereocenters. The van der Waals surface area contributed by atoms with Gasteiger partial charge in [0.25, 0.3) is 0 Å². The van der Waals surface area contributed by atoms with Crippen LogP contribution in [0.1, 0.15) is 32.1 Å². The Morgan fingerprint density at radius 1 is 1.40 bits per heavy atom. The Balaban J connectivity index is 1.92. The molecule has 2 fully saturated rings. The molecule has 15 heavy (non-hydrogen) atoms. The molecule has 0 bridgehead atoms. The summed E-state index contributed by atoms with van der Waals surface area (Å²) < 4.78 is 5.20. The van der Waals surface area contributed by atoms with Gasteiger partial charge in [-0.25, -0.2) is 4.79 Å². The summed E-state index contributed by atoms with van der Waals surface area (Å²) in [5, 5.41) is 0. The lowest BCUT2D eigenvalue weighted by molar-refractivity contribution is 0.0256. The maximum atomic E-state index is 11.6. The van der Waals surface area contributed by atoms with Crippen molar-refractivity contribution < 1.29 is 9.53 Å². The summed E-state index contributed by atoms with van der Waals surface area (Å²) in [4.78, 5) is 13.5. The van der Waals surface area contributed by atoms with Crippen molar-refractivity contribution in [2.45, 2.75) is 38.1 Å². The van der Waals surface area contributed by atoms with Crippen molar-refractivity contribution in [3.63, 3.8) is 0 Å². The fourth-order valence-corrected chi connectivity index (χ4v) is 2.60. The zero-order valence-electron chi connectivity index (χ0n) is 9.15. The molecule has 1 amide bonds. The van der Waals surface area contributed by atoms with E-state index in [1.807, 2.05) is 4.90 Å². The normalized spacial score (nSPS) is 28.2. The maximum absolute atomic E-state index is 11.6. The van der Waals surface area contributed by atoms with Gasteiger partial charge in [0.1, 0.15) is 0 Å². The van der Waals surface area contributed by atoms with Crippen molar-refractivity contribution >= 4 is 6.09 Å². The van der Waals surface area contributed by atoms with E-state index in [2.05, 4.69) is 0 Å². The van der Waals surface area contributed by atoms with E-state index < -0.39 is 0 Å². The molecule has 1 saturated heterocycles. The first-order chi connectivity index (χ1) is 7.31. The average Bonchev–Trinajstić information content (AvgIpc) is 2.74. The van der Waals surface area contributed by atoms with E-state index >= 15 is 0 Å². The van der Waals surface area contributed by atoms with E-state index in [-0.39, 0.29) is 6.09 Å². The van der Waals surface area contributed by atoms with Crippen LogP contribution in [-0.2, 0) is 4.74 Å². The monoisotopic (exact) mass is 212 g/mol. The topological polar surface area (TPSA) is 55.6 Å². The Hall–Kier alpha value is -0.770. The molecule has 0 aromatic carbocycles. The van der Waals surface area contributed by atoms with Crippen LogP contribution >= 0.6 is 0 Å². The number of ether oxygens (including phenoxy) is 1. The minimum Gasteiger partial charge on any atom is -0.449 e. The van der Waals surface area contributed by atoms with Gasteiger partial charge < -0.3 is 15.4 Å². The first-order valence-corrected chi connectivity index (χ1v) is 5.94. The van der Waals surface area contributed by atoms with Gasteiger partial charge in [0, 0.05) is 18.5 Å². The summed E-state index contributed by atoms with van der Waals surface area (Å²) in [6.07, 6.45) is 5.62. The molecule has 1 aliphatic heterocycles. The van der Waals surface area contributed by atoms with Gasteiger partial charge in [0.15, 0.2) is 0 Å². The predicted molar refractivity (Wildman–Crippen MR) is 57.5 cm³/mol. The summed E-state index contributed by atoms with van der Waals surface area (Å²) in [5.74, 6) is 0.438. The molecule has 86 valence electrons. The highest BCUT2D eigenvalue weighted by molar-refractivity contribution is 5.68. The Morgan fingerprint density at radius 3 is 2.80 bits per heavy atom. The van der Waals surface area contributed by atoms with Gasteiger partial charge in [-0.2, -0.15) is 0 Å². The molecule has 4 nitrogen and oxygen atoms in total. The zero-order chi connectivity index (χ0) is 10.7. The number of carbonyl (C=O) groups excluding carboxylic acids is 1. The van der Waals surface area contributed by atoms with Gasteiger partial charge in [-0.3, -0.25) is 0 Å². The van der Waals surface area contributed by atoms with Gasteiger partial charge in [0.05, 0.1) is 6.61 Å². The molecular weight excluding hydrogens is 192 g/mol. The van der Waals surface area contributed by atoms with Gasteiger partial charge in [-0.05, 0) is 25.8 Å². The van der Waals surface area contributed by atoms with Crippen molar-refractivity contribution in [3.05, 3.63) is 0 Å². The summed E-state index contributed by atoms with van der Waals surface area (Å²) in [6.45, 7) is 2.08. The van der Waals surface area contributed by atoms with E-state index in [9.17, 15) is 4.79 Å². The molecule has 2 aliphatic rings. The molecule has 1 heterocycles. The highest BCUT2D eigenvalue weighted by Crippen LogP contribution is 2.27. The molecule has 4 heteroatoms. The van der Waals surface area contributed by atoms with Crippen molar-refractivity contribution in [1.29, 1.82) is 0 Å². The second kappa shape index (κ2) is 4.84. The highest BCUT2D eigenvalue weighted by atomic mass is 16.6. The molecule has 0 radical (unpaired) electrons. The summed E-state index contributed by atoms with van der Waals surface area (Å²) in [5.41, 5.74) is 5.53. The Labute approximate surface area is 90.8 Å². The first kappa shape index (κ1) is 10.7. The van der Waals surface area contributed by atoms with Crippen molar-refractivity contribution in [2.24, 2.45) is 11.7 Å². The van der Waals surface area contributed by atoms with Crippen molar-refractivity contribution in [3.8, 4) is 0 Å². The number of nitrogens with two attached hydrogens (primary N) is 1. The standard InChI is InChI=1S/C11H20N2O2/c12-6-5-9-7-13(11(14)15-8-9)10-3-1-2-4-10/h9-10H,1-8,12H2. The van der Waals surface area contributed by atoms with Crippen molar-refractivity contribution in [1.82, 2.24) is 4.90 Å². The minimum absolute atomic E-state index is 0.116. The van der Waals surface area contributed by atoms with Crippen LogP contribution in [0.15, 0.2) is 0 Å². The van der Waals surface area contributed by atoms with Crippen LogP contribution in [0.2, 0.25) is 0 Å². The van der Waals surface area contributed by atoms with Crippen LogP contribution in [0, 0.1) is 5.92 Å². The molecule has 2 N–H and O–H groups in total. The fourth-order valence-electron chi connectivity index (χ4n) is 2.60. The lowest BCUT2D eigenvalue weighted by atomic mass is 10.0. The number of hydrogen-bond acceptors (Lipinski definition) is 3. The molecular formula is C11H20N2O2. The number of carbonyl (C=O) groups is 1. The van der Waals surface area contributed by atoms with Crippen LogP contribution in [0.3, 0.4) is 0 Å². The molecule has 1 aliphatic carbocycles. The summed E-state index contributed by atoms with van der Waals surface area (Å²) in [7, 11) is 0. The van der Waals surface area contributed by atoms with E-state index in [0.29, 0.717) is 25.1 Å². The molecule has 1 atom stereocenters. The number of nitrogens with zero attached hydrogens (tertiary/aromatic N) is 1. The highest BCUT2D eigenvalue weighted by Gasteiger charge is 2.33. The van der Waals surface area contributed by atoms with Gasteiger partial charge in [0.2, 0.25) is 0 Å². The second-order valence-electron chi connectivity index (χ2n) is 4.61. The van der Waals surface area contributed by atoms with E-state index in [0.717, 1.165) is 25.8 Å². The van der Waals surface area contributed by atoms with Crippen LogP contribution in [0.4, 0.5) is 4.79 Å². The third-order valence-corrected chi connectivity index (χ3v) is 3.47. The minimum atomic E-state index is -0.116. The molecule has 0 spiro atoms. The zero-order valence-corrected chi connectivity index (χ0v) is 9.15. The average molecular weight is 212 g/mol. The SMILES string of the molecule is NCCC1COC(=O)N(C2CCCC2)C1. The predicted octanol–water partition coefficient (Wildman–Crippen LogP) is 1.35. The van der Waals surface area contributed by atoms with Crippen molar-refractivity contribution in [2.75, 3.05) is 19.7 Å². The summed E-state index contributed by atoms with van der Waals surface area (Å²) >= 11 is 0. The van der Waals surface area contributed by atoms with Gasteiger partial charge >= 0.3 is 6.09 Å². The van der Waals surface area contributed by atoms with E-state index in [1.54, 1.807) is 0 Å². The Morgan fingerprint density at radius 2 is 2.13 bits per heavy atom. The number of cyclic esters (lactones) is 1. The third kappa shape index (κ3) is 2.43. The van der Waals surface area contributed by atoms with Gasteiger partial charge in [-0.15, -0.1) is 0 Å². The van der Waals surface area contributed by atoms with Gasteiger partial charge in [-0.1, -0.05) is 12.8 Å². The Bertz CT molecular complexity index is 227. The first-order valence-electron chi connectivity index (χ1n) is 5.94. The van der Waals surface area contributed by atoms with Crippen LogP contribution in [-0.4, -0.2) is 36.7 Å². The van der Waals surface area contributed by atoms with Crippen LogP contribution < -0.4 is 5.73 Å². The van der Waals surface area contributed by atoms with Crippen LogP contribution in [0.25, 0.3) is 0 Å². The quantitative estimate of drug-likeness (QED) is 0.768. The summed E-state index contributed by atoms with van der Waals surface area (Å²) in [6, 6.07) is 0.429. The largest absolute Gasteiger partial charge is 0.449 e. The number of hydrogen-bond donors (Lipinski definition) is 1. The number of rotatable bonds is 3. The molecule has 2 rings (SSSR count). The second-order valence-corrected chi connectivity index (χ2v) is 4.61.